The highest BCUT2D eigenvalue weighted by molar-refractivity contribution is 7.80. The fourth-order valence-corrected chi connectivity index (χ4v) is 4.08. The van der Waals surface area contributed by atoms with E-state index in [0.29, 0.717) is 11.3 Å². The van der Waals surface area contributed by atoms with Gasteiger partial charge in [-0.05, 0) is 41.2 Å². The van der Waals surface area contributed by atoms with Crippen molar-refractivity contribution in [2.24, 2.45) is 0 Å². The van der Waals surface area contributed by atoms with Crippen LogP contribution in [0, 0.1) is 0 Å². The number of carbonyl (C=O) groups is 2. The molecule has 2 aromatic carbocycles. The Hall–Kier alpha value is -3.77. The van der Waals surface area contributed by atoms with Gasteiger partial charge in [0.2, 0.25) is 0 Å². The van der Waals surface area contributed by atoms with Gasteiger partial charge in [0.05, 0.1) is 0 Å². The molecule has 0 radical (unpaired) electrons. The van der Waals surface area contributed by atoms with E-state index < -0.39 is 11.8 Å². The van der Waals surface area contributed by atoms with Crippen LogP contribution in [0.4, 0.5) is 0 Å². The van der Waals surface area contributed by atoms with E-state index in [-0.39, 0.29) is 17.2 Å². The van der Waals surface area contributed by atoms with E-state index in [4.69, 9.17) is 16.6 Å². The highest BCUT2D eigenvalue weighted by Gasteiger charge is 2.33. The maximum absolute atomic E-state index is 13.0. The van der Waals surface area contributed by atoms with E-state index in [1.807, 2.05) is 48.5 Å². The van der Waals surface area contributed by atoms with Crippen molar-refractivity contribution >= 4 is 57.0 Å². The Balaban J connectivity index is 1.78. The van der Waals surface area contributed by atoms with Gasteiger partial charge in [0.15, 0.2) is 5.11 Å². The Labute approximate surface area is 177 Å². The number of benzene rings is 2. The Morgan fingerprint density at radius 1 is 1.07 bits per heavy atom. The van der Waals surface area contributed by atoms with Gasteiger partial charge in [-0.1, -0.05) is 48.5 Å². The molecule has 0 atom stereocenters. The predicted molar refractivity (Wildman–Crippen MR) is 121 cm³/mol. The van der Waals surface area contributed by atoms with Crippen LogP contribution < -0.4 is 5.32 Å². The molecule has 1 aliphatic carbocycles. The molecule has 2 amide bonds. The largest absolute Gasteiger partial charge is 0.455 e. The van der Waals surface area contributed by atoms with E-state index in [0.717, 1.165) is 27.3 Å². The van der Waals surface area contributed by atoms with E-state index >= 15 is 0 Å². The second-order valence-electron chi connectivity index (χ2n) is 7.01. The Morgan fingerprint density at radius 2 is 1.80 bits per heavy atom. The van der Waals surface area contributed by atoms with Crippen LogP contribution in [0.15, 0.2) is 77.2 Å². The van der Waals surface area contributed by atoms with Crippen molar-refractivity contribution in [3.05, 3.63) is 78.4 Å². The van der Waals surface area contributed by atoms with Crippen molar-refractivity contribution in [1.82, 2.24) is 10.2 Å². The fourth-order valence-electron chi connectivity index (χ4n) is 3.83. The molecule has 2 aromatic rings. The quantitative estimate of drug-likeness (QED) is 0.233. The second-order valence-corrected chi connectivity index (χ2v) is 7.39. The molecule has 5 rings (SSSR count). The highest BCUT2D eigenvalue weighted by atomic mass is 32.1. The molecule has 0 aromatic heterocycles. The minimum Gasteiger partial charge on any atom is -0.455 e. The number of rotatable bonds is 3. The molecule has 2 aliphatic heterocycles. The van der Waals surface area contributed by atoms with Gasteiger partial charge in [-0.2, -0.15) is 0 Å². The molecule has 30 heavy (non-hydrogen) atoms. The number of hydrogen-bond acceptors (Lipinski definition) is 4. The Bertz CT molecular complexity index is 1380. The summed E-state index contributed by atoms with van der Waals surface area (Å²) in [6.07, 6.45) is 3.16. The standard InChI is InChI=1S/C24H16N2O3S/c1-2-11-26-23(28)19(22(27)25-24(26)30)13-18-16-9-5-4-8-15(16)17-12-14-7-3-6-10-20(14)29-21(17)18/h2-10,12-13H,1,11H2,(H,25,27,30). The molecule has 0 saturated carbocycles. The predicted octanol–water partition coefficient (Wildman–Crippen LogP) is 4.50. The number of carbonyl (C=O) groups excluding carboxylic acids is 2. The lowest BCUT2D eigenvalue weighted by Crippen LogP contribution is -2.53. The average molecular weight is 412 g/mol. The van der Waals surface area contributed by atoms with Crippen LogP contribution in [0.2, 0.25) is 0 Å². The van der Waals surface area contributed by atoms with E-state index in [1.165, 1.54) is 4.90 Å². The highest BCUT2D eigenvalue weighted by Crippen LogP contribution is 2.42. The Kier molecular flexibility index (Phi) is 4.22. The lowest BCUT2D eigenvalue weighted by Gasteiger charge is -2.27. The van der Waals surface area contributed by atoms with Gasteiger partial charge in [0, 0.05) is 23.1 Å². The molecular formula is C24H16N2O3S. The lowest BCUT2D eigenvalue weighted by molar-refractivity contribution is -0.128. The first-order valence-corrected chi connectivity index (χ1v) is 9.82. The number of nitrogens with one attached hydrogen (secondary N) is 1. The summed E-state index contributed by atoms with van der Waals surface area (Å²) in [7, 11) is 0. The molecule has 1 saturated heterocycles. The molecule has 1 N–H and O–H groups in total. The first-order chi connectivity index (χ1) is 14.6. The summed E-state index contributed by atoms with van der Waals surface area (Å²) < 4.78 is 6.23. The van der Waals surface area contributed by atoms with Gasteiger partial charge < -0.3 is 4.42 Å². The smallest absolute Gasteiger partial charge is 0.265 e. The number of amides is 2. The Morgan fingerprint density at radius 3 is 2.60 bits per heavy atom. The zero-order valence-electron chi connectivity index (χ0n) is 15.8. The molecule has 2 heterocycles. The minimum atomic E-state index is -0.524. The molecule has 6 heteroatoms. The third kappa shape index (κ3) is 2.73. The third-order valence-corrected chi connectivity index (χ3v) is 5.54. The van der Waals surface area contributed by atoms with Gasteiger partial charge >= 0.3 is 0 Å². The van der Waals surface area contributed by atoms with Crippen LogP contribution in [0.5, 0.6) is 0 Å². The van der Waals surface area contributed by atoms with Crippen molar-refractivity contribution in [2.45, 2.75) is 0 Å². The number of para-hydroxylation sites is 1. The first kappa shape index (κ1) is 18.3. The number of nitrogens with zero attached hydrogens (tertiary/aromatic N) is 1. The summed E-state index contributed by atoms with van der Waals surface area (Å²) in [4.78, 5) is 26.9. The topological polar surface area (TPSA) is 62.6 Å². The molecular weight excluding hydrogens is 396 g/mol. The first-order valence-electron chi connectivity index (χ1n) is 9.41. The van der Waals surface area contributed by atoms with Crippen LogP contribution in [-0.4, -0.2) is 28.4 Å². The average Bonchev–Trinajstić information content (AvgIpc) is 3.05. The van der Waals surface area contributed by atoms with Gasteiger partial charge in [0.1, 0.15) is 16.9 Å². The molecule has 0 unspecified atom stereocenters. The van der Waals surface area contributed by atoms with Crippen molar-refractivity contribution in [3.8, 4) is 11.3 Å². The second kappa shape index (κ2) is 6.93. The maximum Gasteiger partial charge on any atom is 0.265 e. The number of fused-ring (bicyclic) bond motifs is 4. The minimum absolute atomic E-state index is 0.00598. The maximum atomic E-state index is 13.0. The fraction of sp³-hybridized carbons (Fsp3) is 0.0417. The van der Waals surface area contributed by atoms with Gasteiger partial charge in [-0.3, -0.25) is 19.8 Å². The zero-order valence-corrected chi connectivity index (χ0v) is 16.7. The van der Waals surface area contributed by atoms with Crippen LogP contribution >= 0.6 is 12.2 Å². The monoisotopic (exact) mass is 412 g/mol. The lowest BCUT2D eigenvalue weighted by atomic mass is 10.1. The van der Waals surface area contributed by atoms with Gasteiger partial charge in [-0.25, -0.2) is 0 Å². The van der Waals surface area contributed by atoms with Gasteiger partial charge in [0.25, 0.3) is 11.8 Å². The summed E-state index contributed by atoms with van der Waals surface area (Å²) in [5.74, 6) is -0.348. The molecule has 0 spiro atoms. The summed E-state index contributed by atoms with van der Waals surface area (Å²) in [5.41, 5.74) is 2.36. The summed E-state index contributed by atoms with van der Waals surface area (Å²) >= 11 is 5.13. The van der Waals surface area contributed by atoms with Crippen LogP contribution in [0.25, 0.3) is 39.1 Å². The normalized spacial score (nSPS) is 16.1. The molecule has 3 aliphatic rings. The SMILES string of the molecule is C=CCN1C(=O)C(=Cc2c3oc4ccccc4cc-3c3ccccc23)C(=O)NC1=S. The summed E-state index contributed by atoms with van der Waals surface area (Å²) in [5, 5.41) is 5.54. The van der Waals surface area contributed by atoms with Crippen molar-refractivity contribution in [1.29, 1.82) is 0 Å². The van der Waals surface area contributed by atoms with Crippen molar-refractivity contribution in [3.63, 3.8) is 0 Å². The summed E-state index contributed by atoms with van der Waals surface area (Å²) in [6.45, 7) is 3.87. The molecule has 146 valence electrons. The van der Waals surface area contributed by atoms with Gasteiger partial charge in [-0.15, -0.1) is 6.58 Å². The molecule has 0 bridgehead atoms. The number of hydrogen-bond donors (Lipinski definition) is 1. The van der Waals surface area contributed by atoms with E-state index in [9.17, 15) is 9.59 Å². The van der Waals surface area contributed by atoms with Crippen LogP contribution in [-0.2, 0) is 9.59 Å². The third-order valence-electron chi connectivity index (χ3n) is 5.21. The molecule has 1 fully saturated rings. The zero-order chi connectivity index (χ0) is 20.8. The van der Waals surface area contributed by atoms with E-state index in [2.05, 4.69) is 18.0 Å². The van der Waals surface area contributed by atoms with Crippen molar-refractivity contribution in [2.75, 3.05) is 6.54 Å². The number of thiocarbonyl (C=S) groups is 1. The van der Waals surface area contributed by atoms with Crippen LogP contribution in [0.3, 0.4) is 0 Å². The van der Waals surface area contributed by atoms with Crippen LogP contribution in [0.1, 0.15) is 5.56 Å². The van der Waals surface area contributed by atoms with E-state index in [1.54, 1.807) is 12.2 Å². The summed E-state index contributed by atoms with van der Waals surface area (Å²) in [6, 6.07) is 17.7. The van der Waals surface area contributed by atoms with Crippen molar-refractivity contribution < 1.29 is 14.0 Å². The molecule has 5 nitrogen and oxygen atoms in total.